The molecule has 1 aliphatic rings. The van der Waals surface area contributed by atoms with Crippen LogP contribution in [-0.2, 0) is 11.2 Å². The first-order valence-electron chi connectivity index (χ1n) is 5.82. The number of aliphatic carboxylic acids is 1. The Bertz CT molecular complexity index is 450. The highest BCUT2D eigenvalue weighted by molar-refractivity contribution is 7.99. The molecule has 0 saturated heterocycles. The van der Waals surface area contributed by atoms with Crippen LogP contribution < -0.4 is 4.74 Å². The number of carboxylic acid groups (broad SMARTS) is 1. The number of halogens is 1. The summed E-state index contributed by atoms with van der Waals surface area (Å²) in [6, 6.07) is 4.54. The Labute approximate surface area is 109 Å². The minimum atomic E-state index is -0.778. The average Bonchev–Trinajstić information content (AvgIpc) is 2.70. The third-order valence-electron chi connectivity index (χ3n) is 2.86. The van der Waals surface area contributed by atoms with Crippen LogP contribution in [0.25, 0.3) is 0 Å². The van der Waals surface area contributed by atoms with Gasteiger partial charge in [0.05, 0.1) is 5.92 Å². The molecule has 0 amide bonds. The lowest BCUT2D eigenvalue weighted by atomic mass is 10.1. The largest absolute Gasteiger partial charge is 0.489 e. The summed E-state index contributed by atoms with van der Waals surface area (Å²) in [5.41, 5.74) is 0.895. The number of rotatable bonds is 5. The van der Waals surface area contributed by atoms with E-state index in [1.54, 1.807) is 24.8 Å². The summed E-state index contributed by atoms with van der Waals surface area (Å²) in [5, 5.41) is 8.76. The molecule has 98 valence electrons. The van der Waals surface area contributed by atoms with Crippen LogP contribution in [0.4, 0.5) is 4.39 Å². The fraction of sp³-hybridized carbons (Fsp3) is 0.462. The number of carboxylic acids is 1. The highest BCUT2D eigenvalue weighted by atomic mass is 32.2. The van der Waals surface area contributed by atoms with Crippen molar-refractivity contribution in [2.24, 2.45) is 5.92 Å². The number of hydrogen-bond acceptors (Lipinski definition) is 3. The quantitative estimate of drug-likeness (QED) is 0.893. The lowest BCUT2D eigenvalue weighted by Crippen LogP contribution is -2.18. The Hall–Kier alpha value is -1.23. The molecule has 2 unspecified atom stereocenters. The second-order valence-corrected chi connectivity index (χ2v) is 5.55. The molecule has 2 atom stereocenters. The topological polar surface area (TPSA) is 46.5 Å². The zero-order valence-electron chi connectivity index (χ0n) is 10.1. The van der Waals surface area contributed by atoms with Gasteiger partial charge >= 0.3 is 5.97 Å². The SMILES string of the molecule is CC(CSCC1Cc2cc(F)ccc2O1)C(=O)O. The molecule has 0 saturated carbocycles. The molecular weight excluding hydrogens is 255 g/mol. The van der Waals surface area contributed by atoms with Gasteiger partial charge in [-0.25, -0.2) is 4.39 Å². The van der Waals surface area contributed by atoms with Crippen molar-refractivity contribution in [2.45, 2.75) is 19.4 Å². The third-order valence-corrected chi connectivity index (χ3v) is 4.20. The monoisotopic (exact) mass is 270 g/mol. The zero-order chi connectivity index (χ0) is 13.1. The van der Waals surface area contributed by atoms with Gasteiger partial charge in [-0.3, -0.25) is 4.79 Å². The molecule has 1 aliphatic heterocycles. The van der Waals surface area contributed by atoms with Crippen molar-refractivity contribution in [1.29, 1.82) is 0 Å². The van der Waals surface area contributed by atoms with Gasteiger partial charge in [-0.15, -0.1) is 0 Å². The van der Waals surface area contributed by atoms with Crippen LogP contribution in [0.3, 0.4) is 0 Å². The van der Waals surface area contributed by atoms with Crippen molar-refractivity contribution in [3.05, 3.63) is 29.6 Å². The average molecular weight is 270 g/mol. The maximum Gasteiger partial charge on any atom is 0.307 e. The van der Waals surface area contributed by atoms with Crippen LogP contribution in [0.2, 0.25) is 0 Å². The van der Waals surface area contributed by atoms with E-state index in [1.165, 1.54) is 12.1 Å². The summed E-state index contributed by atoms with van der Waals surface area (Å²) >= 11 is 1.56. The number of ether oxygens (including phenoxy) is 1. The van der Waals surface area contributed by atoms with E-state index in [4.69, 9.17) is 9.84 Å². The van der Waals surface area contributed by atoms with E-state index in [9.17, 15) is 9.18 Å². The summed E-state index contributed by atoms with van der Waals surface area (Å²) in [6.45, 7) is 1.69. The number of fused-ring (bicyclic) bond motifs is 1. The van der Waals surface area contributed by atoms with Crippen molar-refractivity contribution in [3.63, 3.8) is 0 Å². The van der Waals surface area contributed by atoms with Crippen molar-refractivity contribution in [3.8, 4) is 5.75 Å². The Morgan fingerprint density at radius 1 is 1.67 bits per heavy atom. The molecule has 0 spiro atoms. The fourth-order valence-electron chi connectivity index (χ4n) is 1.83. The van der Waals surface area contributed by atoms with E-state index >= 15 is 0 Å². The van der Waals surface area contributed by atoms with E-state index in [0.717, 1.165) is 17.1 Å². The smallest absolute Gasteiger partial charge is 0.307 e. The normalized spacial score (nSPS) is 19.1. The third kappa shape index (κ3) is 3.16. The van der Waals surface area contributed by atoms with Gasteiger partial charge in [-0.1, -0.05) is 6.92 Å². The molecule has 0 aromatic heterocycles. The molecule has 0 fully saturated rings. The van der Waals surface area contributed by atoms with Crippen molar-refractivity contribution in [2.75, 3.05) is 11.5 Å². The van der Waals surface area contributed by atoms with E-state index in [1.807, 2.05) is 0 Å². The molecule has 3 nitrogen and oxygen atoms in total. The van der Waals surface area contributed by atoms with Crippen LogP contribution >= 0.6 is 11.8 Å². The van der Waals surface area contributed by atoms with E-state index < -0.39 is 5.97 Å². The molecule has 18 heavy (non-hydrogen) atoms. The van der Waals surface area contributed by atoms with Gasteiger partial charge in [0.15, 0.2) is 0 Å². The van der Waals surface area contributed by atoms with Gasteiger partial charge in [0.25, 0.3) is 0 Å². The van der Waals surface area contributed by atoms with Crippen LogP contribution in [0.1, 0.15) is 12.5 Å². The fourth-order valence-corrected chi connectivity index (χ4v) is 2.91. The first kappa shape index (κ1) is 13.2. The Morgan fingerprint density at radius 2 is 2.44 bits per heavy atom. The van der Waals surface area contributed by atoms with Crippen LogP contribution in [0.5, 0.6) is 5.75 Å². The second kappa shape index (κ2) is 5.61. The minimum Gasteiger partial charge on any atom is -0.489 e. The van der Waals surface area contributed by atoms with Gasteiger partial charge in [0.1, 0.15) is 17.7 Å². The lowest BCUT2D eigenvalue weighted by molar-refractivity contribution is -0.140. The summed E-state index contributed by atoms with van der Waals surface area (Å²) in [5.74, 6) is 0.670. The Balaban J connectivity index is 1.80. The molecular formula is C13H15FO3S. The first-order chi connectivity index (χ1) is 8.56. The predicted molar refractivity (Wildman–Crippen MR) is 68.6 cm³/mol. The van der Waals surface area contributed by atoms with Gasteiger partial charge in [0, 0.05) is 23.5 Å². The molecule has 1 aromatic carbocycles. The number of hydrogen-bond donors (Lipinski definition) is 1. The second-order valence-electron chi connectivity index (χ2n) is 4.47. The Kier molecular flexibility index (Phi) is 4.11. The van der Waals surface area contributed by atoms with Crippen molar-refractivity contribution in [1.82, 2.24) is 0 Å². The van der Waals surface area contributed by atoms with E-state index in [2.05, 4.69) is 0 Å². The number of benzene rings is 1. The lowest BCUT2D eigenvalue weighted by Gasteiger charge is -2.11. The molecule has 2 rings (SSSR count). The molecule has 5 heteroatoms. The van der Waals surface area contributed by atoms with Crippen molar-refractivity contribution < 1.29 is 19.0 Å². The molecule has 0 radical (unpaired) electrons. The summed E-state index contributed by atoms with van der Waals surface area (Å²) in [6.07, 6.45) is 0.717. The van der Waals surface area contributed by atoms with Gasteiger partial charge in [-0.05, 0) is 18.2 Å². The molecule has 1 aromatic rings. The van der Waals surface area contributed by atoms with Crippen LogP contribution in [-0.4, -0.2) is 28.7 Å². The molecule has 0 bridgehead atoms. The predicted octanol–water partition coefficient (Wildman–Crippen LogP) is 2.58. The highest BCUT2D eigenvalue weighted by Gasteiger charge is 2.23. The zero-order valence-corrected chi connectivity index (χ0v) is 10.9. The summed E-state index contributed by atoms with van der Waals surface area (Å²) < 4.78 is 18.7. The van der Waals surface area contributed by atoms with Gasteiger partial charge in [0.2, 0.25) is 0 Å². The van der Waals surface area contributed by atoms with Crippen molar-refractivity contribution >= 4 is 17.7 Å². The van der Waals surface area contributed by atoms with Crippen LogP contribution in [0.15, 0.2) is 18.2 Å². The molecule has 1 N–H and O–H groups in total. The summed E-state index contributed by atoms with van der Waals surface area (Å²) in [7, 11) is 0. The van der Waals surface area contributed by atoms with Crippen LogP contribution in [0, 0.1) is 11.7 Å². The van der Waals surface area contributed by atoms with Gasteiger partial charge < -0.3 is 9.84 Å². The van der Waals surface area contributed by atoms with Gasteiger partial charge in [-0.2, -0.15) is 11.8 Å². The summed E-state index contributed by atoms with van der Waals surface area (Å²) in [4.78, 5) is 10.7. The van der Waals surface area contributed by atoms with E-state index in [0.29, 0.717) is 12.2 Å². The first-order valence-corrected chi connectivity index (χ1v) is 6.97. The maximum atomic E-state index is 13.0. The van der Waals surface area contributed by atoms with E-state index in [-0.39, 0.29) is 17.8 Å². The standard InChI is InChI=1S/C13H15FO3S/c1-8(13(15)16)6-18-7-11-5-9-4-10(14)2-3-12(9)17-11/h2-4,8,11H,5-7H2,1H3,(H,15,16). The highest BCUT2D eigenvalue weighted by Crippen LogP contribution is 2.30. The molecule has 1 heterocycles. The number of thioether (sulfide) groups is 1. The Morgan fingerprint density at radius 3 is 3.17 bits per heavy atom. The molecule has 0 aliphatic carbocycles. The number of carbonyl (C=O) groups is 1. The maximum absolute atomic E-state index is 13.0. The minimum absolute atomic E-state index is 0.0211.